The van der Waals surface area contributed by atoms with Gasteiger partial charge in [0, 0.05) is 13.1 Å². The Morgan fingerprint density at radius 2 is 1.75 bits per heavy atom. The SMILES string of the molecule is CCCCCCCCC(C(=O)OCC)N1CCOCC1. The summed E-state index contributed by atoms with van der Waals surface area (Å²) in [5.74, 6) is -0.0528. The first-order valence-corrected chi connectivity index (χ1v) is 8.28. The van der Waals surface area contributed by atoms with Gasteiger partial charge in [0.2, 0.25) is 0 Å². The molecule has 0 spiro atoms. The van der Waals surface area contributed by atoms with Crippen molar-refractivity contribution in [3.05, 3.63) is 0 Å². The fraction of sp³-hybridized carbons (Fsp3) is 0.938. The lowest BCUT2D eigenvalue weighted by Crippen LogP contribution is -2.48. The lowest BCUT2D eigenvalue weighted by Gasteiger charge is -2.32. The van der Waals surface area contributed by atoms with E-state index in [1.54, 1.807) is 0 Å². The Morgan fingerprint density at radius 3 is 2.40 bits per heavy atom. The van der Waals surface area contributed by atoms with Gasteiger partial charge in [0.15, 0.2) is 0 Å². The second-order valence-corrected chi connectivity index (χ2v) is 5.47. The van der Waals surface area contributed by atoms with Crippen LogP contribution in [0.25, 0.3) is 0 Å². The van der Waals surface area contributed by atoms with Crippen LogP contribution in [0.5, 0.6) is 0 Å². The maximum absolute atomic E-state index is 12.1. The van der Waals surface area contributed by atoms with E-state index in [9.17, 15) is 4.79 Å². The number of unbranched alkanes of at least 4 members (excludes halogenated alkanes) is 5. The number of carbonyl (C=O) groups is 1. The van der Waals surface area contributed by atoms with Gasteiger partial charge in [-0.15, -0.1) is 0 Å². The molecule has 1 aliphatic rings. The van der Waals surface area contributed by atoms with Gasteiger partial charge in [-0.3, -0.25) is 9.69 Å². The van der Waals surface area contributed by atoms with Crippen molar-refractivity contribution in [2.45, 2.75) is 64.8 Å². The van der Waals surface area contributed by atoms with E-state index in [2.05, 4.69) is 11.8 Å². The second-order valence-electron chi connectivity index (χ2n) is 5.47. The molecule has 1 aliphatic heterocycles. The second kappa shape index (κ2) is 11.1. The van der Waals surface area contributed by atoms with Crippen LogP contribution in [0.1, 0.15) is 58.8 Å². The number of nitrogens with zero attached hydrogens (tertiary/aromatic N) is 1. The zero-order chi connectivity index (χ0) is 14.6. The summed E-state index contributed by atoms with van der Waals surface area (Å²) < 4.78 is 10.6. The number of carbonyl (C=O) groups excluding carboxylic acids is 1. The standard InChI is InChI=1S/C16H31NO3/c1-3-5-6-7-8-9-10-15(16(18)20-4-2)17-11-13-19-14-12-17/h15H,3-14H2,1-2H3. The maximum atomic E-state index is 12.1. The molecule has 1 saturated heterocycles. The zero-order valence-electron chi connectivity index (χ0n) is 13.2. The van der Waals surface area contributed by atoms with Gasteiger partial charge in [-0.1, -0.05) is 45.4 Å². The molecule has 0 aromatic heterocycles. The van der Waals surface area contributed by atoms with Gasteiger partial charge in [0.1, 0.15) is 6.04 Å². The van der Waals surface area contributed by atoms with Crippen LogP contribution >= 0.6 is 0 Å². The minimum absolute atomic E-state index is 0.0528. The highest BCUT2D eigenvalue weighted by Crippen LogP contribution is 2.15. The molecular weight excluding hydrogens is 254 g/mol. The lowest BCUT2D eigenvalue weighted by molar-refractivity contribution is -0.151. The highest BCUT2D eigenvalue weighted by atomic mass is 16.5. The lowest BCUT2D eigenvalue weighted by atomic mass is 10.0. The molecule has 1 atom stereocenters. The molecule has 0 bridgehead atoms. The molecule has 0 N–H and O–H groups in total. The minimum atomic E-state index is -0.0648. The predicted octanol–water partition coefficient (Wildman–Crippen LogP) is 3.00. The largest absolute Gasteiger partial charge is 0.465 e. The van der Waals surface area contributed by atoms with Crippen LogP contribution < -0.4 is 0 Å². The molecule has 4 nitrogen and oxygen atoms in total. The molecule has 1 heterocycles. The van der Waals surface area contributed by atoms with Crippen LogP contribution in [-0.4, -0.2) is 49.8 Å². The molecular formula is C16H31NO3. The summed E-state index contributed by atoms with van der Waals surface area (Å²) in [6.07, 6.45) is 8.46. The van der Waals surface area contributed by atoms with Crippen molar-refractivity contribution in [1.82, 2.24) is 4.90 Å². The van der Waals surface area contributed by atoms with E-state index < -0.39 is 0 Å². The molecule has 1 rings (SSSR count). The van der Waals surface area contributed by atoms with Gasteiger partial charge >= 0.3 is 5.97 Å². The van der Waals surface area contributed by atoms with E-state index in [0.29, 0.717) is 6.61 Å². The predicted molar refractivity (Wildman–Crippen MR) is 80.8 cm³/mol. The summed E-state index contributed by atoms with van der Waals surface area (Å²) in [6.45, 7) is 7.72. The van der Waals surface area contributed by atoms with Gasteiger partial charge in [-0.25, -0.2) is 0 Å². The third-order valence-electron chi connectivity index (χ3n) is 3.88. The number of ether oxygens (including phenoxy) is 2. The normalized spacial score (nSPS) is 17.9. The molecule has 20 heavy (non-hydrogen) atoms. The zero-order valence-corrected chi connectivity index (χ0v) is 13.2. The summed E-state index contributed by atoms with van der Waals surface area (Å²) in [5.41, 5.74) is 0. The third-order valence-corrected chi connectivity index (χ3v) is 3.88. The summed E-state index contributed by atoms with van der Waals surface area (Å²) in [7, 11) is 0. The fourth-order valence-electron chi connectivity index (χ4n) is 2.70. The molecule has 0 aromatic rings. The van der Waals surface area contributed by atoms with Gasteiger partial charge in [0.05, 0.1) is 19.8 Å². The third kappa shape index (κ3) is 6.71. The van der Waals surface area contributed by atoms with Crippen molar-refractivity contribution >= 4 is 5.97 Å². The highest BCUT2D eigenvalue weighted by Gasteiger charge is 2.27. The van der Waals surface area contributed by atoms with E-state index in [4.69, 9.17) is 9.47 Å². The van der Waals surface area contributed by atoms with Crippen molar-refractivity contribution in [2.75, 3.05) is 32.9 Å². The smallest absolute Gasteiger partial charge is 0.323 e. The minimum Gasteiger partial charge on any atom is -0.465 e. The number of hydrogen-bond donors (Lipinski definition) is 0. The molecule has 0 aromatic carbocycles. The highest BCUT2D eigenvalue weighted by molar-refractivity contribution is 5.75. The van der Waals surface area contributed by atoms with Crippen molar-refractivity contribution < 1.29 is 14.3 Å². The van der Waals surface area contributed by atoms with Crippen LogP contribution in [0.2, 0.25) is 0 Å². The monoisotopic (exact) mass is 285 g/mol. The first-order chi connectivity index (χ1) is 9.79. The maximum Gasteiger partial charge on any atom is 0.323 e. The van der Waals surface area contributed by atoms with Crippen LogP contribution in [0.15, 0.2) is 0 Å². The van der Waals surface area contributed by atoms with E-state index in [1.165, 1.54) is 32.1 Å². The molecule has 4 heteroatoms. The Bertz CT molecular complexity index is 252. The first-order valence-electron chi connectivity index (χ1n) is 8.28. The Balaban J connectivity index is 2.31. The summed E-state index contributed by atoms with van der Waals surface area (Å²) in [4.78, 5) is 14.3. The molecule has 1 unspecified atom stereocenters. The summed E-state index contributed by atoms with van der Waals surface area (Å²) in [5, 5.41) is 0. The van der Waals surface area contributed by atoms with Crippen LogP contribution in [0.4, 0.5) is 0 Å². The Morgan fingerprint density at radius 1 is 1.10 bits per heavy atom. The van der Waals surface area contributed by atoms with Crippen molar-refractivity contribution in [2.24, 2.45) is 0 Å². The van der Waals surface area contributed by atoms with E-state index in [0.717, 1.165) is 39.1 Å². The summed E-state index contributed by atoms with van der Waals surface area (Å²) >= 11 is 0. The molecule has 0 aliphatic carbocycles. The Labute approximate surface area is 123 Å². The van der Waals surface area contributed by atoms with Gasteiger partial charge in [-0.05, 0) is 13.3 Å². The number of rotatable bonds is 10. The topological polar surface area (TPSA) is 38.8 Å². The molecule has 0 radical (unpaired) electrons. The van der Waals surface area contributed by atoms with E-state index in [1.807, 2.05) is 6.92 Å². The van der Waals surface area contributed by atoms with Crippen molar-refractivity contribution in [1.29, 1.82) is 0 Å². The van der Waals surface area contributed by atoms with Crippen LogP contribution in [-0.2, 0) is 14.3 Å². The van der Waals surface area contributed by atoms with Crippen molar-refractivity contribution in [3.63, 3.8) is 0 Å². The molecule has 118 valence electrons. The summed E-state index contributed by atoms with van der Waals surface area (Å²) in [6, 6.07) is -0.0648. The van der Waals surface area contributed by atoms with Crippen molar-refractivity contribution in [3.8, 4) is 0 Å². The number of hydrogen-bond acceptors (Lipinski definition) is 4. The average molecular weight is 285 g/mol. The van der Waals surface area contributed by atoms with Gasteiger partial charge in [0.25, 0.3) is 0 Å². The van der Waals surface area contributed by atoms with E-state index in [-0.39, 0.29) is 12.0 Å². The molecule has 1 fully saturated rings. The quantitative estimate of drug-likeness (QED) is 0.457. The number of esters is 1. The average Bonchev–Trinajstić information content (AvgIpc) is 2.47. The first kappa shape index (κ1) is 17.4. The Hall–Kier alpha value is -0.610. The molecule has 0 amide bonds. The number of morpholine rings is 1. The Kier molecular flexibility index (Phi) is 9.67. The van der Waals surface area contributed by atoms with Crippen LogP contribution in [0, 0.1) is 0 Å². The van der Waals surface area contributed by atoms with Gasteiger partial charge < -0.3 is 9.47 Å². The molecule has 0 saturated carbocycles. The fourth-order valence-corrected chi connectivity index (χ4v) is 2.70. The van der Waals surface area contributed by atoms with E-state index >= 15 is 0 Å². The van der Waals surface area contributed by atoms with Crippen LogP contribution in [0.3, 0.4) is 0 Å². The van der Waals surface area contributed by atoms with Gasteiger partial charge in [-0.2, -0.15) is 0 Å².